The fourth-order valence-electron chi connectivity index (χ4n) is 3.11. The summed E-state index contributed by atoms with van der Waals surface area (Å²) in [5.41, 5.74) is 9.83. The number of nitrogen functional groups attached to an aromatic ring is 1. The number of anilines is 1. The number of para-hydroxylation sites is 1. The molecule has 2 aromatic heterocycles. The van der Waals surface area contributed by atoms with E-state index in [1.165, 1.54) is 24.9 Å². The minimum atomic E-state index is 0.695. The van der Waals surface area contributed by atoms with Crippen LogP contribution in [0.25, 0.3) is 11.0 Å². The summed E-state index contributed by atoms with van der Waals surface area (Å²) >= 11 is 0. The number of hydrogen-bond donors (Lipinski definition) is 2. The molecular weight excluding hydrogens is 284 g/mol. The van der Waals surface area contributed by atoms with Crippen molar-refractivity contribution in [3.8, 4) is 0 Å². The summed E-state index contributed by atoms with van der Waals surface area (Å²) in [5.74, 6) is 0. The molecule has 0 aliphatic carbocycles. The van der Waals surface area contributed by atoms with Crippen LogP contribution in [0.5, 0.6) is 0 Å². The Morgan fingerprint density at radius 3 is 2.70 bits per heavy atom. The molecule has 4 rings (SSSR count). The van der Waals surface area contributed by atoms with Gasteiger partial charge in [-0.05, 0) is 62.7 Å². The number of aromatic nitrogens is 2. The molecule has 3 heterocycles. The molecule has 23 heavy (non-hydrogen) atoms. The van der Waals surface area contributed by atoms with E-state index in [9.17, 15) is 0 Å². The Hall–Kier alpha value is -2.33. The number of nitrogens with two attached hydrogens (primary N) is 1. The number of nitrogens with one attached hydrogen (secondary N) is 1. The summed E-state index contributed by atoms with van der Waals surface area (Å²) < 4.78 is 0. The van der Waals surface area contributed by atoms with Gasteiger partial charge in [0.1, 0.15) is 0 Å². The zero-order valence-corrected chi connectivity index (χ0v) is 13.6. The van der Waals surface area contributed by atoms with Crippen LogP contribution < -0.4 is 5.73 Å². The van der Waals surface area contributed by atoms with Gasteiger partial charge in [-0.1, -0.05) is 18.2 Å². The number of pyridine rings is 1. The summed E-state index contributed by atoms with van der Waals surface area (Å²) in [6.07, 6.45) is 7.75. The highest BCUT2D eigenvalue weighted by atomic mass is 15.1. The van der Waals surface area contributed by atoms with Crippen molar-refractivity contribution in [2.45, 2.75) is 25.3 Å². The zero-order valence-electron chi connectivity index (χ0n) is 13.6. The molecule has 0 bridgehead atoms. The summed E-state index contributed by atoms with van der Waals surface area (Å²) in [4.78, 5) is 10.2. The number of likely N-dealkylation sites (tertiary alicyclic amines) is 1. The molecule has 3 N–H and O–H groups in total. The van der Waals surface area contributed by atoms with Crippen LogP contribution in [0.3, 0.4) is 0 Å². The molecule has 1 unspecified atom stereocenters. The molecule has 1 atom stereocenters. The molecule has 4 nitrogen and oxygen atoms in total. The van der Waals surface area contributed by atoms with Crippen LogP contribution in [0.1, 0.15) is 18.4 Å². The largest absolute Gasteiger partial charge is 0.399 e. The van der Waals surface area contributed by atoms with E-state index in [0.29, 0.717) is 6.04 Å². The van der Waals surface area contributed by atoms with Crippen LogP contribution in [0.2, 0.25) is 0 Å². The fraction of sp³-hybridized carbons (Fsp3) is 0.316. The maximum atomic E-state index is 5.36. The normalized spacial score (nSPS) is 17.9. The zero-order chi connectivity index (χ0) is 16.1. The van der Waals surface area contributed by atoms with Crippen molar-refractivity contribution < 1.29 is 0 Å². The van der Waals surface area contributed by atoms with Gasteiger partial charge in [0.2, 0.25) is 0 Å². The Kier molecular flexibility index (Phi) is 4.93. The van der Waals surface area contributed by atoms with Gasteiger partial charge in [-0.2, -0.15) is 0 Å². The van der Waals surface area contributed by atoms with Crippen molar-refractivity contribution in [3.63, 3.8) is 0 Å². The molecule has 1 aromatic carbocycles. The first-order valence-electron chi connectivity index (χ1n) is 8.16. The van der Waals surface area contributed by atoms with E-state index in [1.54, 1.807) is 0 Å². The van der Waals surface area contributed by atoms with Gasteiger partial charge in [-0.25, -0.2) is 0 Å². The number of likely N-dealkylation sites (N-methyl/N-ethyl adjacent to an activating group) is 1. The van der Waals surface area contributed by atoms with Crippen molar-refractivity contribution in [1.82, 2.24) is 14.9 Å². The average Bonchev–Trinajstić information content (AvgIpc) is 3.17. The molecule has 0 amide bonds. The molecule has 1 fully saturated rings. The quantitative estimate of drug-likeness (QED) is 0.713. The van der Waals surface area contributed by atoms with Crippen LogP contribution in [0, 0.1) is 0 Å². The maximum Gasteiger partial charge on any atom is 0.0911 e. The number of hydrogen-bond acceptors (Lipinski definition) is 3. The maximum absolute atomic E-state index is 5.36. The predicted octanol–water partition coefficient (Wildman–Crippen LogP) is 3.47. The monoisotopic (exact) mass is 308 g/mol. The van der Waals surface area contributed by atoms with Crippen molar-refractivity contribution in [2.24, 2.45) is 0 Å². The first kappa shape index (κ1) is 15.6. The van der Waals surface area contributed by atoms with Gasteiger partial charge in [-0.3, -0.25) is 4.98 Å². The molecule has 0 spiro atoms. The van der Waals surface area contributed by atoms with E-state index < -0.39 is 0 Å². The first-order chi connectivity index (χ1) is 11.2. The van der Waals surface area contributed by atoms with E-state index >= 15 is 0 Å². The van der Waals surface area contributed by atoms with Gasteiger partial charge >= 0.3 is 0 Å². The third kappa shape index (κ3) is 3.90. The summed E-state index contributed by atoms with van der Waals surface area (Å²) in [6.45, 7) is 1.24. The SMILES string of the molecule is CN1CCCC1Cc1c[nH]c2cccnc12.Nc1ccccc1. The highest BCUT2D eigenvalue weighted by Crippen LogP contribution is 2.23. The Labute approximate surface area is 137 Å². The van der Waals surface area contributed by atoms with Crippen molar-refractivity contribution in [1.29, 1.82) is 0 Å². The fourth-order valence-corrected chi connectivity index (χ4v) is 3.11. The van der Waals surface area contributed by atoms with E-state index in [-0.39, 0.29) is 0 Å². The number of benzene rings is 1. The number of fused-ring (bicyclic) bond motifs is 1. The highest BCUT2D eigenvalue weighted by Gasteiger charge is 2.22. The van der Waals surface area contributed by atoms with Crippen LogP contribution in [0.15, 0.2) is 54.9 Å². The lowest BCUT2D eigenvalue weighted by Crippen LogP contribution is -2.26. The Morgan fingerprint density at radius 1 is 1.22 bits per heavy atom. The molecule has 0 saturated carbocycles. The Bertz CT molecular complexity index is 735. The van der Waals surface area contributed by atoms with Gasteiger partial charge in [0.15, 0.2) is 0 Å². The van der Waals surface area contributed by atoms with Gasteiger partial charge in [-0.15, -0.1) is 0 Å². The average molecular weight is 308 g/mol. The molecule has 3 aromatic rings. The van der Waals surface area contributed by atoms with Crippen LogP contribution >= 0.6 is 0 Å². The minimum absolute atomic E-state index is 0.695. The lowest BCUT2D eigenvalue weighted by molar-refractivity contribution is 0.310. The third-order valence-corrected chi connectivity index (χ3v) is 4.44. The minimum Gasteiger partial charge on any atom is -0.399 e. The van der Waals surface area contributed by atoms with Crippen molar-refractivity contribution in [3.05, 3.63) is 60.4 Å². The van der Waals surface area contributed by atoms with Crippen LogP contribution in [0.4, 0.5) is 5.69 Å². The highest BCUT2D eigenvalue weighted by molar-refractivity contribution is 5.78. The smallest absolute Gasteiger partial charge is 0.0911 e. The molecule has 1 aliphatic rings. The summed E-state index contributed by atoms with van der Waals surface area (Å²) in [5, 5.41) is 0. The molecule has 120 valence electrons. The topological polar surface area (TPSA) is 57.9 Å². The lowest BCUT2D eigenvalue weighted by Gasteiger charge is -2.18. The van der Waals surface area contributed by atoms with Crippen molar-refractivity contribution >= 4 is 16.7 Å². The molecule has 4 heteroatoms. The molecule has 0 radical (unpaired) electrons. The van der Waals surface area contributed by atoms with Crippen molar-refractivity contribution in [2.75, 3.05) is 19.3 Å². The second kappa shape index (κ2) is 7.29. The molecule has 1 saturated heterocycles. The van der Waals surface area contributed by atoms with E-state index in [0.717, 1.165) is 23.1 Å². The summed E-state index contributed by atoms with van der Waals surface area (Å²) in [6, 6.07) is 14.2. The predicted molar refractivity (Wildman–Crippen MR) is 96.3 cm³/mol. The third-order valence-electron chi connectivity index (χ3n) is 4.44. The lowest BCUT2D eigenvalue weighted by atomic mass is 10.1. The number of H-pyrrole nitrogens is 1. The number of aromatic amines is 1. The first-order valence-corrected chi connectivity index (χ1v) is 8.16. The standard InChI is InChI=1S/C13H17N3.C6H7N/c1-16-7-3-4-11(16)8-10-9-15-12-5-2-6-14-13(10)12;7-6-4-2-1-3-5-6/h2,5-6,9,11,15H,3-4,7-8H2,1H3;1-5H,7H2. The number of nitrogens with zero attached hydrogens (tertiary/aromatic N) is 2. The Balaban J connectivity index is 0.000000188. The molecule has 1 aliphatic heterocycles. The van der Waals surface area contributed by atoms with Gasteiger partial charge in [0.05, 0.1) is 11.0 Å². The van der Waals surface area contributed by atoms with Gasteiger partial charge in [0, 0.05) is 24.1 Å². The van der Waals surface area contributed by atoms with E-state index in [1.807, 2.05) is 42.6 Å². The van der Waals surface area contributed by atoms with Crippen LogP contribution in [-0.4, -0.2) is 34.5 Å². The van der Waals surface area contributed by atoms with E-state index in [2.05, 4.69) is 34.2 Å². The number of rotatable bonds is 2. The van der Waals surface area contributed by atoms with Gasteiger partial charge < -0.3 is 15.6 Å². The summed E-state index contributed by atoms with van der Waals surface area (Å²) in [7, 11) is 2.22. The second-order valence-electron chi connectivity index (χ2n) is 6.10. The second-order valence-corrected chi connectivity index (χ2v) is 6.10. The van der Waals surface area contributed by atoms with E-state index in [4.69, 9.17) is 5.73 Å². The Morgan fingerprint density at radius 2 is 2.04 bits per heavy atom. The van der Waals surface area contributed by atoms with Crippen LogP contribution in [-0.2, 0) is 6.42 Å². The molecular formula is C19H24N4. The van der Waals surface area contributed by atoms with Gasteiger partial charge in [0.25, 0.3) is 0 Å².